The number of rotatable bonds is 10. The van der Waals surface area contributed by atoms with E-state index in [1.165, 1.54) is 11.3 Å². The number of anilines is 1. The lowest BCUT2D eigenvalue weighted by Crippen LogP contribution is -2.30. The zero-order chi connectivity index (χ0) is 25.3. The predicted octanol–water partition coefficient (Wildman–Crippen LogP) is 5.81. The number of methoxy groups -OCH3 is 1. The molecule has 4 aromatic rings. The summed E-state index contributed by atoms with van der Waals surface area (Å²) in [6, 6.07) is 27.4. The molecule has 0 bridgehead atoms. The molecule has 0 atom stereocenters. The Morgan fingerprint density at radius 1 is 0.889 bits per heavy atom. The van der Waals surface area contributed by atoms with Gasteiger partial charge in [-0.1, -0.05) is 60.2 Å². The fourth-order valence-electron chi connectivity index (χ4n) is 3.99. The van der Waals surface area contributed by atoms with E-state index in [0.29, 0.717) is 24.4 Å². The fraction of sp³-hybridized carbons (Fsp3) is 0.200. The van der Waals surface area contributed by atoms with Crippen LogP contribution in [0.2, 0.25) is 0 Å². The van der Waals surface area contributed by atoms with Crippen LogP contribution in [0.4, 0.5) is 5.69 Å². The summed E-state index contributed by atoms with van der Waals surface area (Å²) in [6.07, 6.45) is 1.05. The number of nitrogens with zero attached hydrogens (tertiary/aromatic N) is 1. The van der Waals surface area contributed by atoms with Gasteiger partial charge < -0.3 is 15.0 Å². The minimum atomic E-state index is -0.0319. The normalized spacial score (nSPS) is 10.6. The number of aryl methyl sites for hydroxylation is 1. The van der Waals surface area contributed by atoms with Crippen LogP contribution in [0.25, 0.3) is 0 Å². The molecule has 3 aromatic carbocycles. The van der Waals surface area contributed by atoms with E-state index < -0.39 is 0 Å². The van der Waals surface area contributed by atoms with Crippen LogP contribution in [0, 0.1) is 6.92 Å². The molecule has 1 aromatic heterocycles. The van der Waals surface area contributed by atoms with Gasteiger partial charge in [-0.15, -0.1) is 11.3 Å². The third-order valence-electron chi connectivity index (χ3n) is 5.91. The van der Waals surface area contributed by atoms with Crippen molar-refractivity contribution in [3.8, 4) is 5.75 Å². The van der Waals surface area contributed by atoms with Crippen molar-refractivity contribution in [3.63, 3.8) is 0 Å². The van der Waals surface area contributed by atoms with Crippen molar-refractivity contribution in [1.29, 1.82) is 0 Å². The van der Waals surface area contributed by atoms with Gasteiger partial charge in [-0.25, -0.2) is 0 Å². The Morgan fingerprint density at radius 3 is 2.31 bits per heavy atom. The summed E-state index contributed by atoms with van der Waals surface area (Å²) >= 11 is 1.44. The Morgan fingerprint density at radius 2 is 1.64 bits per heavy atom. The van der Waals surface area contributed by atoms with Crippen LogP contribution >= 0.6 is 11.3 Å². The molecule has 184 valence electrons. The molecule has 1 heterocycles. The second-order valence-corrected chi connectivity index (χ2v) is 9.60. The summed E-state index contributed by atoms with van der Waals surface area (Å²) in [7, 11) is 1.64. The van der Waals surface area contributed by atoms with E-state index in [9.17, 15) is 9.59 Å². The number of nitrogens with one attached hydrogen (secondary N) is 1. The molecule has 0 aliphatic rings. The first-order valence-electron chi connectivity index (χ1n) is 11.9. The van der Waals surface area contributed by atoms with Crippen molar-refractivity contribution >= 4 is 28.8 Å². The summed E-state index contributed by atoms with van der Waals surface area (Å²) in [5.41, 5.74) is 5.08. The lowest BCUT2D eigenvalue weighted by Gasteiger charge is -2.23. The number of amides is 2. The number of thiophene rings is 1. The number of carbonyl (C=O) groups is 2. The number of hydrogen-bond acceptors (Lipinski definition) is 4. The SMILES string of the molecule is COc1ccc(CCNC(=O)Cc2ccc(N(Cc3cccc(C)c3)C(=O)c3cccs3)cc2)cc1. The van der Waals surface area contributed by atoms with Crippen LogP contribution in [0.5, 0.6) is 5.75 Å². The van der Waals surface area contributed by atoms with E-state index in [2.05, 4.69) is 11.4 Å². The first-order valence-corrected chi connectivity index (χ1v) is 12.8. The van der Waals surface area contributed by atoms with Crippen molar-refractivity contribution in [1.82, 2.24) is 5.32 Å². The van der Waals surface area contributed by atoms with E-state index in [0.717, 1.165) is 40.1 Å². The molecule has 0 unspecified atom stereocenters. The number of benzene rings is 3. The van der Waals surface area contributed by atoms with Crippen LogP contribution in [0.15, 0.2) is 90.3 Å². The standard InChI is InChI=1S/C30H30N2O3S/c1-22-5-3-6-25(19-22)21-32(30(34)28-7-4-18-36-28)26-12-8-24(9-13-26)20-29(33)31-17-16-23-10-14-27(35-2)15-11-23/h3-15,18-19H,16-17,20-21H2,1-2H3,(H,31,33). The Hall–Kier alpha value is -3.90. The van der Waals surface area contributed by atoms with Crippen molar-refractivity contribution in [2.75, 3.05) is 18.6 Å². The smallest absolute Gasteiger partial charge is 0.268 e. The summed E-state index contributed by atoms with van der Waals surface area (Å²) in [4.78, 5) is 28.2. The summed E-state index contributed by atoms with van der Waals surface area (Å²) in [5, 5.41) is 4.90. The number of hydrogen-bond donors (Lipinski definition) is 1. The minimum Gasteiger partial charge on any atom is -0.497 e. The van der Waals surface area contributed by atoms with Gasteiger partial charge in [-0.05, 0) is 65.7 Å². The average molecular weight is 499 g/mol. The molecule has 0 fully saturated rings. The molecule has 36 heavy (non-hydrogen) atoms. The van der Waals surface area contributed by atoms with Gasteiger partial charge >= 0.3 is 0 Å². The highest BCUT2D eigenvalue weighted by Crippen LogP contribution is 2.23. The Labute approximate surface area is 216 Å². The minimum absolute atomic E-state index is 0.0254. The molecule has 0 saturated heterocycles. The van der Waals surface area contributed by atoms with Gasteiger partial charge in [0.2, 0.25) is 5.91 Å². The number of carbonyl (C=O) groups excluding carboxylic acids is 2. The van der Waals surface area contributed by atoms with E-state index in [1.54, 1.807) is 12.0 Å². The second-order valence-electron chi connectivity index (χ2n) is 8.65. The molecule has 0 aliphatic heterocycles. The zero-order valence-electron chi connectivity index (χ0n) is 20.6. The zero-order valence-corrected chi connectivity index (χ0v) is 21.4. The maximum atomic E-state index is 13.3. The van der Waals surface area contributed by atoms with Gasteiger partial charge in [0, 0.05) is 12.2 Å². The van der Waals surface area contributed by atoms with Gasteiger partial charge in [0.1, 0.15) is 5.75 Å². The molecule has 1 N–H and O–H groups in total. The largest absolute Gasteiger partial charge is 0.497 e. The molecular formula is C30H30N2O3S. The van der Waals surface area contributed by atoms with Gasteiger partial charge in [-0.2, -0.15) is 0 Å². The highest BCUT2D eigenvalue weighted by atomic mass is 32.1. The van der Waals surface area contributed by atoms with E-state index >= 15 is 0 Å². The fourth-order valence-corrected chi connectivity index (χ4v) is 4.66. The first-order chi connectivity index (χ1) is 17.5. The van der Waals surface area contributed by atoms with E-state index in [4.69, 9.17) is 4.74 Å². The molecule has 5 nitrogen and oxygen atoms in total. The van der Waals surface area contributed by atoms with Crippen molar-refractivity contribution in [2.24, 2.45) is 0 Å². The van der Waals surface area contributed by atoms with Gasteiger partial charge in [0.05, 0.1) is 25.0 Å². The van der Waals surface area contributed by atoms with E-state index in [1.807, 2.05) is 91.2 Å². The summed E-state index contributed by atoms with van der Waals surface area (Å²) in [6.45, 7) is 3.10. The van der Waals surface area contributed by atoms with Crippen LogP contribution < -0.4 is 15.0 Å². The Bertz CT molecular complexity index is 1280. The highest BCUT2D eigenvalue weighted by Gasteiger charge is 2.19. The topological polar surface area (TPSA) is 58.6 Å². The summed E-state index contributed by atoms with van der Waals surface area (Å²) < 4.78 is 5.18. The third kappa shape index (κ3) is 6.83. The molecule has 6 heteroatoms. The maximum absolute atomic E-state index is 13.3. The summed E-state index contributed by atoms with van der Waals surface area (Å²) in [5.74, 6) is 0.763. The lowest BCUT2D eigenvalue weighted by molar-refractivity contribution is -0.120. The monoisotopic (exact) mass is 498 g/mol. The lowest BCUT2D eigenvalue weighted by atomic mass is 10.1. The third-order valence-corrected chi connectivity index (χ3v) is 6.77. The molecule has 2 amide bonds. The van der Waals surface area contributed by atoms with Gasteiger partial charge in [-0.3, -0.25) is 9.59 Å². The van der Waals surface area contributed by atoms with Crippen LogP contribution in [0.3, 0.4) is 0 Å². The molecule has 0 saturated carbocycles. The molecular weight excluding hydrogens is 468 g/mol. The van der Waals surface area contributed by atoms with Crippen molar-refractivity contribution in [3.05, 3.63) is 117 Å². The quantitative estimate of drug-likeness (QED) is 0.300. The Balaban J connectivity index is 1.38. The Kier molecular flexibility index (Phi) is 8.53. The van der Waals surface area contributed by atoms with Crippen LogP contribution in [-0.2, 0) is 24.2 Å². The van der Waals surface area contributed by atoms with E-state index in [-0.39, 0.29) is 11.8 Å². The molecule has 0 spiro atoms. The van der Waals surface area contributed by atoms with Crippen molar-refractivity contribution in [2.45, 2.75) is 26.3 Å². The molecule has 0 aliphatic carbocycles. The molecule has 0 radical (unpaired) electrons. The average Bonchev–Trinajstić information content (AvgIpc) is 3.43. The van der Waals surface area contributed by atoms with Crippen LogP contribution in [-0.4, -0.2) is 25.5 Å². The van der Waals surface area contributed by atoms with Gasteiger partial charge in [0.25, 0.3) is 5.91 Å². The molecule has 4 rings (SSSR count). The predicted molar refractivity (Wildman–Crippen MR) is 146 cm³/mol. The van der Waals surface area contributed by atoms with Crippen molar-refractivity contribution < 1.29 is 14.3 Å². The first kappa shape index (κ1) is 25.2. The maximum Gasteiger partial charge on any atom is 0.268 e. The van der Waals surface area contributed by atoms with Gasteiger partial charge in [0.15, 0.2) is 0 Å². The van der Waals surface area contributed by atoms with Crippen LogP contribution in [0.1, 0.15) is 31.9 Å². The number of ether oxygens (including phenoxy) is 1. The second kappa shape index (κ2) is 12.2. The highest BCUT2D eigenvalue weighted by molar-refractivity contribution is 7.12.